The highest BCUT2D eigenvalue weighted by Crippen LogP contribution is 1.59. The largest absolute Gasteiger partial charge is 0.376 e. The summed E-state index contributed by atoms with van der Waals surface area (Å²) in [6, 6.07) is 0. The molecule has 67 valence electrons. The third-order valence-corrected chi connectivity index (χ3v) is 0.673. The van der Waals surface area contributed by atoms with Gasteiger partial charge in [-0.1, -0.05) is 12.7 Å². The van der Waals surface area contributed by atoms with Crippen LogP contribution in [0.25, 0.3) is 0 Å². The molecule has 4 nitrogen and oxygen atoms in total. The van der Waals surface area contributed by atoms with Crippen molar-refractivity contribution in [3.05, 3.63) is 24.8 Å². The van der Waals surface area contributed by atoms with E-state index in [9.17, 15) is 9.59 Å². The topological polar surface area (TPSA) is 66.4 Å². The number of aliphatic hydroxyl groups excluding tert-OH is 1. The Morgan fingerprint density at radius 2 is 2.33 bits per heavy atom. The molecule has 0 atom stereocenters. The van der Waals surface area contributed by atoms with Crippen molar-refractivity contribution < 1.29 is 14.7 Å². The van der Waals surface area contributed by atoms with Crippen LogP contribution in [0.5, 0.6) is 0 Å². The van der Waals surface area contributed by atoms with E-state index in [4.69, 9.17) is 5.11 Å². The first-order valence-corrected chi connectivity index (χ1v) is 3.22. The molecule has 12 heavy (non-hydrogen) atoms. The normalized spacial score (nSPS) is 8.17. The number of rotatable bonds is 3. The molecular weight excluding hydrogens is 158 g/mol. The van der Waals surface area contributed by atoms with Crippen LogP contribution in [0.1, 0.15) is 6.92 Å². The van der Waals surface area contributed by atoms with E-state index in [1.807, 2.05) is 0 Å². The Kier molecular flexibility index (Phi) is 13.5. The summed E-state index contributed by atoms with van der Waals surface area (Å²) < 4.78 is 0. The summed E-state index contributed by atoms with van der Waals surface area (Å²) >= 11 is 0. The van der Waals surface area contributed by atoms with Gasteiger partial charge in [-0.05, 0) is 19.1 Å². The third kappa shape index (κ3) is 15.8. The van der Waals surface area contributed by atoms with Crippen molar-refractivity contribution in [1.82, 2.24) is 5.32 Å². The molecule has 0 saturated carbocycles. The molecular formula is C8H12NO3. The summed E-state index contributed by atoms with van der Waals surface area (Å²) in [6.07, 6.45) is 5.63. The summed E-state index contributed by atoms with van der Waals surface area (Å²) in [7, 11) is 0. The van der Waals surface area contributed by atoms with E-state index in [0.717, 1.165) is 6.08 Å². The molecule has 4 heteroatoms. The van der Waals surface area contributed by atoms with E-state index in [2.05, 4.69) is 11.9 Å². The number of carbonyl (C=O) groups excluding carboxylic acids is 2. The fourth-order valence-corrected chi connectivity index (χ4v) is 0.218. The van der Waals surface area contributed by atoms with Crippen LogP contribution in [-0.4, -0.2) is 24.0 Å². The average molecular weight is 170 g/mol. The summed E-state index contributed by atoms with van der Waals surface area (Å²) in [5.41, 5.74) is 0. The van der Waals surface area contributed by atoms with Crippen LogP contribution in [0, 0.1) is 0 Å². The second-order valence-corrected chi connectivity index (χ2v) is 1.52. The Morgan fingerprint density at radius 3 is 2.42 bits per heavy atom. The number of hydrogen-bond acceptors (Lipinski definition) is 3. The summed E-state index contributed by atoms with van der Waals surface area (Å²) in [6.45, 7) is 4.60. The van der Waals surface area contributed by atoms with Crippen LogP contribution >= 0.6 is 0 Å². The number of allylic oxidation sites excluding steroid dienone is 2. The molecule has 0 spiro atoms. The number of amides is 1. The van der Waals surface area contributed by atoms with Crippen molar-refractivity contribution in [3.63, 3.8) is 0 Å². The van der Waals surface area contributed by atoms with Crippen LogP contribution in [0.15, 0.2) is 24.8 Å². The third-order valence-electron chi connectivity index (χ3n) is 0.673. The second-order valence-electron chi connectivity index (χ2n) is 1.52. The van der Waals surface area contributed by atoms with Gasteiger partial charge in [0.25, 0.3) is 0 Å². The van der Waals surface area contributed by atoms with E-state index in [1.165, 1.54) is 6.08 Å². The Bertz CT molecular complexity index is 164. The lowest BCUT2D eigenvalue weighted by atomic mass is 10.6. The van der Waals surface area contributed by atoms with Crippen molar-refractivity contribution in [2.24, 2.45) is 0 Å². The van der Waals surface area contributed by atoms with Gasteiger partial charge in [0.1, 0.15) is 6.73 Å². The Labute approximate surface area is 71.6 Å². The molecule has 0 heterocycles. The summed E-state index contributed by atoms with van der Waals surface area (Å²) in [5.74, 6) is -0.359. The van der Waals surface area contributed by atoms with E-state index >= 15 is 0 Å². The van der Waals surface area contributed by atoms with Crippen LogP contribution in [0.2, 0.25) is 0 Å². The van der Waals surface area contributed by atoms with Gasteiger partial charge < -0.3 is 10.4 Å². The fourth-order valence-electron chi connectivity index (χ4n) is 0.218. The molecule has 0 bridgehead atoms. The highest BCUT2D eigenvalue weighted by molar-refractivity contribution is 5.86. The molecule has 0 aliphatic rings. The highest BCUT2D eigenvalue weighted by atomic mass is 16.3. The molecule has 0 aliphatic heterocycles. The quantitative estimate of drug-likeness (QED) is 0.459. The molecule has 0 aromatic carbocycles. The Morgan fingerprint density at radius 1 is 1.75 bits per heavy atom. The zero-order valence-corrected chi connectivity index (χ0v) is 6.91. The predicted octanol–water partition coefficient (Wildman–Crippen LogP) is -0.0894. The second kappa shape index (κ2) is 12.3. The lowest BCUT2D eigenvalue weighted by Gasteiger charge is -1.89. The molecule has 0 rings (SSSR count). The number of hydrogen-bond donors (Lipinski definition) is 2. The van der Waals surface area contributed by atoms with Gasteiger partial charge in [-0.25, -0.2) is 0 Å². The van der Waals surface area contributed by atoms with Crippen LogP contribution < -0.4 is 5.32 Å². The van der Waals surface area contributed by atoms with Crippen molar-refractivity contribution in [3.8, 4) is 0 Å². The van der Waals surface area contributed by atoms with Crippen LogP contribution in [0.3, 0.4) is 0 Å². The summed E-state index contributed by atoms with van der Waals surface area (Å²) in [4.78, 5) is 19.2. The number of aliphatic hydroxyl groups is 1. The van der Waals surface area contributed by atoms with Gasteiger partial charge in [0.2, 0.25) is 12.2 Å². The molecule has 0 aliphatic carbocycles. The Hall–Kier alpha value is -1.42. The lowest BCUT2D eigenvalue weighted by Crippen LogP contribution is -2.20. The molecule has 0 aromatic heterocycles. The van der Waals surface area contributed by atoms with Crippen LogP contribution in [-0.2, 0) is 9.59 Å². The smallest absolute Gasteiger partial charge is 0.245 e. The Balaban J connectivity index is 0. The first-order valence-electron chi connectivity index (χ1n) is 3.22. The number of carbonyl (C=O) groups is 1. The van der Waals surface area contributed by atoms with Gasteiger partial charge in [0.15, 0.2) is 0 Å². The molecule has 1 radical (unpaired) electrons. The van der Waals surface area contributed by atoms with E-state index in [0.29, 0.717) is 0 Å². The number of nitrogens with one attached hydrogen (secondary N) is 1. The maximum atomic E-state index is 10.0. The van der Waals surface area contributed by atoms with Crippen molar-refractivity contribution in [2.75, 3.05) is 6.73 Å². The average Bonchev–Trinajstić information content (AvgIpc) is 2.07. The molecule has 0 aromatic rings. The first-order chi connectivity index (χ1) is 5.72. The van der Waals surface area contributed by atoms with Gasteiger partial charge in [-0.15, -0.1) is 0 Å². The first kappa shape index (κ1) is 13.2. The van der Waals surface area contributed by atoms with Crippen LogP contribution in [0.4, 0.5) is 0 Å². The maximum absolute atomic E-state index is 10.0. The minimum atomic E-state index is -0.359. The van der Waals surface area contributed by atoms with Gasteiger partial charge in [0, 0.05) is 0 Å². The SMILES string of the molecule is C=CC(=O)NCO.CC=C[C]=O. The van der Waals surface area contributed by atoms with Gasteiger partial charge in [-0.2, -0.15) is 0 Å². The van der Waals surface area contributed by atoms with Crippen molar-refractivity contribution >= 4 is 12.2 Å². The zero-order valence-electron chi connectivity index (χ0n) is 6.91. The predicted molar refractivity (Wildman–Crippen MR) is 45.9 cm³/mol. The van der Waals surface area contributed by atoms with Crippen molar-refractivity contribution in [1.29, 1.82) is 0 Å². The van der Waals surface area contributed by atoms with E-state index < -0.39 is 0 Å². The minimum absolute atomic E-state index is 0.329. The van der Waals surface area contributed by atoms with Gasteiger partial charge in [-0.3, -0.25) is 9.59 Å². The zero-order chi connectivity index (χ0) is 9.82. The molecule has 0 fully saturated rings. The van der Waals surface area contributed by atoms with Gasteiger partial charge in [0.05, 0.1) is 0 Å². The monoisotopic (exact) mass is 170 g/mol. The minimum Gasteiger partial charge on any atom is -0.376 e. The molecule has 1 amide bonds. The maximum Gasteiger partial charge on any atom is 0.245 e. The molecule has 0 saturated heterocycles. The van der Waals surface area contributed by atoms with E-state index in [1.54, 1.807) is 19.3 Å². The standard InChI is InChI=1S/C4H7NO2.C4H5O/c1-2-4(7)5-3-6;1-2-3-4-5/h2,6H,1,3H2,(H,5,7);2-3H,1H3. The van der Waals surface area contributed by atoms with Gasteiger partial charge >= 0.3 is 0 Å². The van der Waals surface area contributed by atoms with E-state index in [-0.39, 0.29) is 12.6 Å². The summed E-state index contributed by atoms with van der Waals surface area (Å²) in [5, 5.41) is 10.1. The molecule has 0 unspecified atom stereocenters. The lowest BCUT2D eigenvalue weighted by molar-refractivity contribution is -0.117. The fraction of sp³-hybridized carbons (Fsp3) is 0.250. The highest BCUT2D eigenvalue weighted by Gasteiger charge is 1.84. The molecule has 2 N–H and O–H groups in total. The van der Waals surface area contributed by atoms with Crippen molar-refractivity contribution in [2.45, 2.75) is 6.92 Å².